The summed E-state index contributed by atoms with van der Waals surface area (Å²) in [5, 5.41) is 0. The van der Waals surface area contributed by atoms with Crippen molar-refractivity contribution in [1.82, 2.24) is 0 Å². The topological polar surface area (TPSA) is 27.7 Å². The molecule has 162 valence electrons. The van der Waals surface area contributed by atoms with Gasteiger partial charge in [-0.2, -0.15) is 0 Å². The molecule has 0 bridgehead atoms. The van der Waals surface area contributed by atoms with Crippen molar-refractivity contribution in [3.63, 3.8) is 0 Å². The Morgan fingerprint density at radius 2 is 1.78 bits per heavy atom. The van der Waals surface area contributed by atoms with Gasteiger partial charge in [-0.05, 0) is 74.7 Å². The predicted molar refractivity (Wildman–Crippen MR) is 130 cm³/mol. The summed E-state index contributed by atoms with van der Waals surface area (Å²) in [4.78, 5) is 0. The molecule has 0 aromatic heterocycles. The van der Waals surface area contributed by atoms with E-state index in [-0.39, 0.29) is 5.60 Å². The second-order valence-electron chi connectivity index (χ2n) is 9.05. The molecule has 2 heterocycles. The Labute approximate surface area is 190 Å². The number of ether oxygens (including phenoxy) is 3. The molecule has 3 aromatic rings. The van der Waals surface area contributed by atoms with E-state index in [9.17, 15) is 0 Å². The first-order valence-corrected chi connectivity index (χ1v) is 11.1. The molecular weight excluding hydrogens is 396 g/mol. The van der Waals surface area contributed by atoms with E-state index in [4.69, 9.17) is 14.2 Å². The highest BCUT2D eigenvalue weighted by atomic mass is 16.5. The average Bonchev–Trinajstić information content (AvgIpc) is 2.79. The Kier molecular flexibility index (Phi) is 5.05. The van der Waals surface area contributed by atoms with Crippen LogP contribution in [0.1, 0.15) is 47.2 Å². The van der Waals surface area contributed by atoms with Gasteiger partial charge in [0.2, 0.25) is 0 Å². The van der Waals surface area contributed by atoms with Crippen LogP contribution in [0.25, 0.3) is 17.7 Å². The molecule has 0 aliphatic carbocycles. The Morgan fingerprint density at radius 3 is 2.59 bits per heavy atom. The number of rotatable bonds is 4. The molecule has 0 saturated carbocycles. The maximum absolute atomic E-state index is 6.36. The van der Waals surface area contributed by atoms with E-state index in [1.165, 1.54) is 5.56 Å². The second kappa shape index (κ2) is 7.90. The number of hydrogen-bond donors (Lipinski definition) is 0. The molecule has 3 aromatic carbocycles. The average molecular weight is 425 g/mol. The van der Waals surface area contributed by atoms with Crippen LogP contribution in [0.4, 0.5) is 0 Å². The number of benzene rings is 3. The van der Waals surface area contributed by atoms with Crippen LogP contribution in [0.3, 0.4) is 0 Å². The summed E-state index contributed by atoms with van der Waals surface area (Å²) in [6.07, 6.45) is 6.41. The lowest BCUT2D eigenvalue weighted by Crippen LogP contribution is -2.27. The highest BCUT2D eigenvalue weighted by Crippen LogP contribution is 2.43. The molecule has 0 amide bonds. The SMILES string of the molecule is Cc1ccc(C2=Cc3ccc4c(c3OC2)C=CC(C)(C)O4)c(OCc2ccccc2)c1C. The van der Waals surface area contributed by atoms with Gasteiger partial charge in [0.25, 0.3) is 0 Å². The van der Waals surface area contributed by atoms with Crippen molar-refractivity contribution in [2.45, 2.75) is 39.9 Å². The summed E-state index contributed by atoms with van der Waals surface area (Å²) in [6.45, 7) is 9.38. The van der Waals surface area contributed by atoms with E-state index >= 15 is 0 Å². The van der Waals surface area contributed by atoms with Gasteiger partial charge in [0.15, 0.2) is 0 Å². The minimum atomic E-state index is -0.304. The van der Waals surface area contributed by atoms with E-state index in [1.54, 1.807) is 0 Å². The van der Waals surface area contributed by atoms with Crippen LogP contribution in [0.15, 0.2) is 60.7 Å². The van der Waals surface area contributed by atoms with Gasteiger partial charge < -0.3 is 14.2 Å². The summed E-state index contributed by atoms with van der Waals surface area (Å²) in [6, 6.07) is 18.7. The summed E-state index contributed by atoms with van der Waals surface area (Å²) >= 11 is 0. The molecule has 0 N–H and O–H groups in total. The quantitative estimate of drug-likeness (QED) is 0.451. The maximum Gasteiger partial charge on any atom is 0.137 e. The number of hydrogen-bond acceptors (Lipinski definition) is 3. The Balaban J connectivity index is 1.51. The molecule has 0 fully saturated rings. The summed E-state index contributed by atoms with van der Waals surface area (Å²) in [7, 11) is 0. The van der Waals surface area contributed by atoms with Crippen molar-refractivity contribution in [3.05, 3.63) is 94.1 Å². The highest BCUT2D eigenvalue weighted by Gasteiger charge is 2.27. The van der Waals surface area contributed by atoms with Gasteiger partial charge >= 0.3 is 0 Å². The molecule has 2 aliphatic rings. The van der Waals surface area contributed by atoms with Gasteiger partial charge in [-0.25, -0.2) is 0 Å². The first-order valence-electron chi connectivity index (χ1n) is 11.1. The molecule has 0 unspecified atom stereocenters. The minimum absolute atomic E-state index is 0.304. The third kappa shape index (κ3) is 3.80. The first kappa shape index (κ1) is 20.4. The van der Waals surface area contributed by atoms with Crippen LogP contribution in [-0.4, -0.2) is 12.2 Å². The fourth-order valence-electron chi connectivity index (χ4n) is 4.21. The Hall–Kier alpha value is -3.46. The van der Waals surface area contributed by atoms with E-state index in [2.05, 4.69) is 76.3 Å². The van der Waals surface area contributed by atoms with Crippen LogP contribution in [0, 0.1) is 13.8 Å². The Bertz CT molecular complexity index is 1230. The van der Waals surface area contributed by atoms with Crippen LogP contribution in [-0.2, 0) is 6.61 Å². The zero-order chi connectivity index (χ0) is 22.3. The molecule has 0 atom stereocenters. The van der Waals surface area contributed by atoms with Crippen molar-refractivity contribution >= 4 is 17.7 Å². The fraction of sp³-hybridized carbons (Fsp3) is 0.241. The van der Waals surface area contributed by atoms with Crippen molar-refractivity contribution in [2.24, 2.45) is 0 Å². The summed E-state index contributed by atoms with van der Waals surface area (Å²) in [5.41, 5.74) is 7.50. The lowest BCUT2D eigenvalue weighted by Gasteiger charge is -2.30. The molecule has 5 rings (SSSR count). The highest BCUT2D eigenvalue weighted by molar-refractivity contribution is 5.90. The molecule has 0 saturated heterocycles. The molecule has 3 heteroatoms. The van der Waals surface area contributed by atoms with Gasteiger partial charge in [-0.15, -0.1) is 0 Å². The molecule has 0 radical (unpaired) electrons. The van der Waals surface area contributed by atoms with Crippen LogP contribution < -0.4 is 14.2 Å². The van der Waals surface area contributed by atoms with E-state index in [0.29, 0.717) is 13.2 Å². The smallest absolute Gasteiger partial charge is 0.137 e. The minimum Gasteiger partial charge on any atom is -0.488 e. The van der Waals surface area contributed by atoms with Crippen molar-refractivity contribution in [1.29, 1.82) is 0 Å². The predicted octanol–water partition coefficient (Wildman–Crippen LogP) is 7.00. The zero-order valence-electron chi connectivity index (χ0n) is 19.1. The molecule has 32 heavy (non-hydrogen) atoms. The van der Waals surface area contributed by atoms with E-state index in [1.807, 2.05) is 24.3 Å². The lowest BCUT2D eigenvalue weighted by atomic mass is 9.94. The number of fused-ring (bicyclic) bond motifs is 3. The summed E-state index contributed by atoms with van der Waals surface area (Å²) in [5.74, 6) is 2.68. The van der Waals surface area contributed by atoms with Crippen molar-refractivity contribution in [3.8, 4) is 17.2 Å². The van der Waals surface area contributed by atoms with E-state index < -0.39 is 0 Å². The molecule has 3 nitrogen and oxygen atoms in total. The van der Waals surface area contributed by atoms with Crippen molar-refractivity contribution in [2.75, 3.05) is 6.61 Å². The second-order valence-corrected chi connectivity index (χ2v) is 9.05. The normalized spacial score (nSPS) is 15.7. The molecular formula is C29H28O3. The Morgan fingerprint density at radius 1 is 0.969 bits per heavy atom. The largest absolute Gasteiger partial charge is 0.488 e. The fourth-order valence-corrected chi connectivity index (χ4v) is 4.21. The summed E-state index contributed by atoms with van der Waals surface area (Å²) < 4.78 is 18.8. The van der Waals surface area contributed by atoms with Crippen LogP contribution in [0.2, 0.25) is 0 Å². The van der Waals surface area contributed by atoms with E-state index in [0.717, 1.165) is 50.6 Å². The van der Waals surface area contributed by atoms with Crippen molar-refractivity contribution < 1.29 is 14.2 Å². The third-order valence-corrected chi connectivity index (χ3v) is 6.16. The first-order chi connectivity index (χ1) is 15.4. The van der Waals surface area contributed by atoms with Gasteiger partial charge in [0.05, 0.1) is 5.56 Å². The van der Waals surface area contributed by atoms with Gasteiger partial charge in [-0.3, -0.25) is 0 Å². The van der Waals surface area contributed by atoms with Crippen LogP contribution in [0.5, 0.6) is 17.2 Å². The zero-order valence-corrected chi connectivity index (χ0v) is 19.1. The maximum atomic E-state index is 6.36. The standard InChI is InChI=1S/C29H28O3/c1-19-10-12-24(27(20(19)2)30-17-21-8-6-5-7-9-21)23-16-22-11-13-26-25(28(22)31-18-23)14-15-29(3,4)32-26/h5-16H,17-18H2,1-4H3. The van der Waals surface area contributed by atoms with Crippen LogP contribution >= 0.6 is 0 Å². The monoisotopic (exact) mass is 424 g/mol. The molecule has 2 aliphatic heterocycles. The van der Waals surface area contributed by atoms with Gasteiger partial charge in [0, 0.05) is 16.7 Å². The number of aryl methyl sites for hydroxylation is 1. The third-order valence-electron chi connectivity index (χ3n) is 6.16. The lowest BCUT2D eigenvalue weighted by molar-refractivity contribution is 0.158. The molecule has 0 spiro atoms. The van der Waals surface area contributed by atoms with Gasteiger partial charge in [-0.1, -0.05) is 42.5 Å². The van der Waals surface area contributed by atoms with Gasteiger partial charge in [0.1, 0.15) is 36.1 Å².